The fourth-order valence-corrected chi connectivity index (χ4v) is 1.18. The van der Waals surface area contributed by atoms with Crippen LogP contribution >= 0.6 is 0 Å². The monoisotopic (exact) mass is 156 g/mol. The summed E-state index contributed by atoms with van der Waals surface area (Å²) in [5, 5.41) is 4.16. The highest BCUT2D eigenvalue weighted by atomic mass is 16.5. The molecule has 1 heterocycles. The molecule has 1 aliphatic rings. The van der Waals surface area contributed by atoms with E-state index in [1.54, 1.807) is 0 Å². The van der Waals surface area contributed by atoms with Crippen molar-refractivity contribution in [1.82, 2.24) is 5.32 Å². The molecule has 63 valence electrons. The Kier molecular flexibility index (Phi) is 3.52. The fourth-order valence-electron chi connectivity index (χ4n) is 1.18. The zero-order valence-corrected chi connectivity index (χ0v) is 6.88. The summed E-state index contributed by atoms with van der Waals surface area (Å²) in [6, 6.07) is -0.0541. The van der Waals surface area contributed by atoms with E-state index in [0.29, 0.717) is 6.61 Å². The van der Waals surface area contributed by atoms with E-state index in [9.17, 15) is 4.79 Å². The van der Waals surface area contributed by atoms with Gasteiger partial charge in [0, 0.05) is 13.2 Å². The molecule has 3 nitrogen and oxygen atoms in total. The van der Waals surface area contributed by atoms with Crippen LogP contribution in [0.4, 0.5) is 0 Å². The van der Waals surface area contributed by atoms with Gasteiger partial charge in [0.25, 0.3) is 0 Å². The van der Waals surface area contributed by atoms with Gasteiger partial charge in [-0.25, -0.2) is 5.32 Å². The lowest BCUT2D eigenvalue weighted by molar-refractivity contribution is -0.125. The third kappa shape index (κ3) is 2.60. The number of ketones is 1. The van der Waals surface area contributed by atoms with Gasteiger partial charge in [0.2, 0.25) is 0 Å². The Labute approximate surface area is 67.1 Å². The summed E-state index contributed by atoms with van der Waals surface area (Å²) in [6.07, 6.45) is 1.98. The Bertz CT molecular complexity index is 130. The number of ether oxygens (including phenoxy) is 1. The van der Waals surface area contributed by atoms with Crippen molar-refractivity contribution in [2.75, 3.05) is 19.8 Å². The Morgan fingerprint density at radius 1 is 1.73 bits per heavy atom. The molecule has 0 N–H and O–H groups in total. The van der Waals surface area contributed by atoms with Gasteiger partial charge in [-0.1, -0.05) is 0 Å². The van der Waals surface area contributed by atoms with Crippen LogP contribution in [-0.2, 0) is 9.53 Å². The van der Waals surface area contributed by atoms with E-state index in [4.69, 9.17) is 4.74 Å². The molecule has 1 rings (SSSR count). The quantitative estimate of drug-likeness (QED) is 0.589. The van der Waals surface area contributed by atoms with Crippen molar-refractivity contribution in [2.24, 2.45) is 0 Å². The van der Waals surface area contributed by atoms with Crippen molar-refractivity contribution in [2.45, 2.75) is 25.8 Å². The maximum absolute atomic E-state index is 11.2. The number of carbonyl (C=O) groups excluding carboxylic acids is 1. The lowest BCUT2D eigenvalue weighted by Crippen LogP contribution is -2.29. The normalized spacial score (nSPS) is 23.9. The van der Waals surface area contributed by atoms with E-state index in [1.165, 1.54) is 0 Å². The maximum atomic E-state index is 11.2. The minimum Gasteiger partial charge on any atom is -0.374 e. The molecule has 1 aliphatic heterocycles. The standard InChI is InChI=1S/C8H14NO2/c1-2-11-6-8(10)7-4-3-5-9-7/h7H,2-6H2,1H3. The van der Waals surface area contributed by atoms with Crippen LogP contribution in [0.5, 0.6) is 0 Å². The highest BCUT2D eigenvalue weighted by molar-refractivity contribution is 5.85. The van der Waals surface area contributed by atoms with Gasteiger partial charge in [0.15, 0.2) is 5.78 Å². The van der Waals surface area contributed by atoms with Gasteiger partial charge in [-0.15, -0.1) is 0 Å². The molecule has 0 spiro atoms. The molecule has 0 saturated carbocycles. The van der Waals surface area contributed by atoms with Crippen LogP contribution in [0.1, 0.15) is 19.8 Å². The van der Waals surface area contributed by atoms with Crippen LogP contribution in [0, 0.1) is 0 Å². The average molecular weight is 156 g/mol. The van der Waals surface area contributed by atoms with Crippen molar-refractivity contribution >= 4 is 5.78 Å². The molecule has 0 bridgehead atoms. The summed E-state index contributed by atoms with van der Waals surface area (Å²) < 4.78 is 5.00. The Morgan fingerprint density at radius 2 is 2.55 bits per heavy atom. The SMILES string of the molecule is CCOCC(=O)C1CCC[N]1. The minimum absolute atomic E-state index is 0.0541. The smallest absolute Gasteiger partial charge is 0.176 e. The van der Waals surface area contributed by atoms with Crippen molar-refractivity contribution in [3.63, 3.8) is 0 Å². The second kappa shape index (κ2) is 4.46. The molecule has 0 aromatic carbocycles. The van der Waals surface area contributed by atoms with Crippen LogP contribution in [0.3, 0.4) is 0 Å². The number of carbonyl (C=O) groups is 1. The van der Waals surface area contributed by atoms with E-state index >= 15 is 0 Å². The Hall–Kier alpha value is -0.410. The topological polar surface area (TPSA) is 40.4 Å². The lowest BCUT2D eigenvalue weighted by atomic mass is 10.1. The Morgan fingerprint density at radius 3 is 3.09 bits per heavy atom. The van der Waals surface area contributed by atoms with Crippen molar-refractivity contribution in [3.05, 3.63) is 0 Å². The molecule has 1 fully saturated rings. The third-order valence-corrected chi connectivity index (χ3v) is 1.81. The molecule has 1 saturated heterocycles. The van der Waals surface area contributed by atoms with E-state index in [-0.39, 0.29) is 18.4 Å². The summed E-state index contributed by atoms with van der Waals surface area (Å²) in [7, 11) is 0. The molecule has 0 aliphatic carbocycles. The highest BCUT2D eigenvalue weighted by Gasteiger charge is 2.22. The number of Topliss-reactive ketones (excluding diaryl/α,β-unsaturated/α-hetero) is 1. The second-order valence-corrected chi connectivity index (χ2v) is 2.67. The van der Waals surface area contributed by atoms with Gasteiger partial charge in [-0.05, 0) is 19.8 Å². The van der Waals surface area contributed by atoms with Gasteiger partial charge in [0.05, 0.1) is 6.04 Å². The average Bonchev–Trinajstić information content (AvgIpc) is 2.52. The minimum atomic E-state index is -0.0541. The largest absolute Gasteiger partial charge is 0.374 e. The molecule has 1 radical (unpaired) electrons. The van der Waals surface area contributed by atoms with Gasteiger partial charge in [-0.2, -0.15) is 0 Å². The summed E-state index contributed by atoms with van der Waals surface area (Å²) in [6.45, 7) is 3.59. The van der Waals surface area contributed by atoms with Crippen molar-refractivity contribution in [1.29, 1.82) is 0 Å². The van der Waals surface area contributed by atoms with Crippen molar-refractivity contribution in [3.8, 4) is 0 Å². The third-order valence-electron chi connectivity index (χ3n) is 1.81. The molecule has 3 heteroatoms. The van der Waals surface area contributed by atoms with Gasteiger partial charge in [0.1, 0.15) is 6.61 Å². The van der Waals surface area contributed by atoms with Crippen molar-refractivity contribution < 1.29 is 9.53 Å². The lowest BCUT2D eigenvalue weighted by Gasteiger charge is -2.06. The van der Waals surface area contributed by atoms with Crippen LogP contribution in [0.25, 0.3) is 0 Å². The van der Waals surface area contributed by atoms with Crippen LogP contribution in [0.15, 0.2) is 0 Å². The van der Waals surface area contributed by atoms with Gasteiger partial charge < -0.3 is 4.74 Å². The number of rotatable bonds is 4. The first-order chi connectivity index (χ1) is 5.34. The molecule has 1 atom stereocenters. The zero-order valence-electron chi connectivity index (χ0n) is 6.88. The molecular formula is C8H14NO2. The summed E-state index contributed by atoms with van der Waals surface area (Å²) in [5.74, 6) is 0.143. The van der Waals surface area contributed by atoms with E-state index < -0.39 is 0 Å². The summed E-state index contributed by atoms with van der Waals surface area (Å²) in [5.41, 5.74) is 0. The number of hydrogen-bond acceptors (Lipinski definition) is 2. The van der Waals surface area contributed by atoms with E-state index in [0.717, 1.165) is 19.4 Å². The predicted molar refractivity (Wildman–Crippen MR) is 41.5 cm³/mol. The highest BCUT2D eigenvalue weighted by Crippen LogP contribution is 2.07. The zero-order chi connectivity index (χ0) is 8.10. The Balaban J connectivity index is 2.17. The first-order valence-corrected chi connectivity index (χ1v) is 4.11. The molecule has 1 unspecified atom stereocenters. The molecule has 0 amide bonds. The maximum Gasteiger partial charge on any atom is 0.176 e. The van der Waals surface area contributed by atoms with Crippen LogP contribution in [0.2, 0.25) is 0 Å². The molecule has 0 aromatic heterocycles. The fraction of sp³-hybridized carbons (Fsp3) is 0.875. The first-order valence-electron chi connectivity index (χ1n) is 4.11. The number of nitrogens with zero attached hydrogens (tertiary/aromatic N) is 1. The summed E-state index contributed by atoms with van der Waals surface area (Å²) >= 11 is 0. The molecule has 0 aromatic rings. The van der Waals surface area contributed by atoms with E-state index in [1.807, 2.05) is 6.92 Å². The number of hydrogen-bond donors (Lipinski definition) is 0. The van der Waals surface area contributed by atoms with Gasteiger partial charge in [-0.3, -0.25) is 4.79 Å². The second-order valence-electron chi connectivity index (χ2n) is 2.67. The first kappa shape index (κ1) is 8.68. The predicted octanol–water partition coefficient (Wildman–Crippen LogP) is 0.359. The summed E-state index contributed by atoms with van der Waals surface area (Å²) in [4.78, 5) is 11.2. The van der Waals surface area contributed by atoms with Crippen LogP contribution < -0.4 is 5.32 Å². The van der Waals surface area contributed by atoms with Gasteiger partial charge >= 0.3 is 0 Å². The van der Waals surface area contributed by atoms with E-state index in [2.05, 4.69) is 5.32 Å². The van der Waals surface area contributed by atoms with Crippen LogP contribution in [-0.4, -0.2) is 31.6 Å². The molecular weight excluding hydrogens is 142 g/mol. The molecule has 11 heavy (non-hydrogen) atoms.